The summed E-state index contributed by atoms with van der Waals surface area (Å²) in [7, 11) is 0. The zero-order chi connectivity index (χ0) is 40.5. The van der Waals surface area contributed by atoms with Gasteiger partial charge in [0, 0.05) is 16.8 Å². The molecule has 1 nitrogen and oxygen atoms in total. The van der Waals surface area contributed by atoms with E-state index in [1.54, 1.807) is 0 Å². The van der Waals surface area contributed by atoms with Crippen molar-refractivity contribution < 1.29 is 0 Å². The number of anilines is 3. The molecule has 0 spiro atoms. The molecule has 60 heavy (non-hydrogen) atoms. The van der Waals surface area contributed by atoms with Crippen molar-refractivity contribution in [3.8, 4) is 33.4 Å². The highest BCUT2D eigenvalue weighted by Crippen LogP contribution is 2.61. The van der Waals surface area contributed by atoms with Crippen molar-refractivity contribution in [3.63, 3.8) is 0 Å². The minimum absolute atomic E-state index is 0.307. The molecule has 0 unspecified atom stereocenters. The van der Waals surface area contributed by atoms with Crippen LogP contribution in [0.15, 0.2) is 176 Å². The summed E-state index contributed by atoms with van der Waals surface area (Å²) in [5.41, 5.74) is 24.8. The number of hydrogen-bond donors (Lipinski definition) is 0. The molecule has 1 heteroatoms. The Kier molecular flexibility index (Phi) is 8.78. The molecule has 0 amide bonds. The van der Waals surface area contributed by atoms with Gasteiger partial charge >= 0.3 is 0 Å². The van der Waals surface area contributed by atoms with Crippen LogP contribution in [0.1, 0.15) is 95.2 Å². The van der Waals surface area contributed by atoms with Crippen molar-refractivity contribution in [1.29, 1.82) is 0 Å². The molecule has 0 heterocycles. The molecule has 0 saturated carbocycles. The normalized spacial score (nSPS) is 14.2. The molecule has 0 aliphatic heterocycles. The van der Waals surface area contributed by atoms with Gasteiger partial charge in [-0.15, -0.1) is 0 Å². The zero-order valence-corrected chi connectivity index (χ0v) is 35.2. The van der Waals surface area contributed by atoms with Crippen LogP contribution in [0.25, 0.3) is 33.4 Å². The van der Waals surface area contributed by atoms with Crippen LogP contribution in [0, 0.1) is 0 Å². The van der Waals surface area contributed by atoms with E-state index in [0.717, 1.165) is 18.5 Å². The summed E-state index contributed by atoms with van der Waals surface area (Å²) in [6.07, 6.45) is 4.64. The number of nitrogens with zero attached hydrogens (tertiary/aromatic N) is 1. The van der Waals surface area contributed by atoms with Crippen LogP contribution in [0.4, 0.5) is 17.1 Å². The topological polar surface area (TPSA) is 3.24 Å². The summed E-state index contributed by atoms with van der Waals surface area (Å²) in [5, 5.41) is 0. The van der Waals surface area contributed by atoms with Gasteiger partial charge in [0.2, 0.25) is 0 Å². The van der Waals surface area contributed by atoms with Crippen LogP contribution in [0.2, 0.25) is 0 Å². The second-order valence-electron chi connectivity index (χ2n) is 17.9. The van der Waals surface area contributed by atoms with Gasteiger partial charge in [-0.1, -0.05) is 179 Å². The van der Waals surface area contributed by atoms with Gasteiger partial charge in [0.15, 0.2) is 0 Å². The van der Waals surface area contributed by atoms with Crippen molar-refractivity contribution in [2.24, 2.45) is 0 Å². The average molecular weight is 774 g/mol. The van der Waals surface area contributed by atoms with Crippen molar-refractivity contribution >= 4 is 17.1 Å². The van der Waals surface area contributed by atoms with E-state index in [2.05, 4.69) is 209 Å². The molecule has 8 aromatic carbocycles. The molecule has 0 atom stereocenters. The maximum absolute atomic E-state index is 2.59. The smallest absolute Gasteiger partial charge is 0.0714 e. The molecular weight excluding hydrogens is 723 g/mol. The first-order valence-electron chi connectivity index (χ1n) is 22.1. The van der Waals surface area contributed by atoms with Gasteiger partial charge in [-0.25, -0.2) is 0 Å². The fraction of sp³-hybridized carbons (Fsp3) is 0.186. The summed E-state index contributed by atoms with van der Waals surface area (Å²) in [5.74, 6) is 0.704. The lowest BCUT2D eigenvalue weighted by Crippen LogP contribution is -2.31. The van der Waals surface area contributed by atoms with Crippen LogP contribution < -0.4 is 4.90 Å². The Labute approximate surface area is 356 Å². The first-order chi connectivity index (χ1) is 29.4. The highest BCUT2D eigenvalue weighted by molar-refractivity contribution is 6.00. The van der Waals surface area contributed by atoms with Gasteiger partial charge in [0.05, 0.1) is 16.8 Å². The summed E-state index contributed by atoms with van der Waals surface area (Å²) in [6, 6.07) is 67.4. The Morgan fingerprint density at radius 1 is 0.400 bits per heavy atom. The second kappa shape index (κ2) is 14.4. The Bertz CT molecular complexity index is 2860. The van der Waals surface area contributed by atoms with Gasteiger partial charge in [0.25, 0.3) is 0 Å². The highest BCUT2D eigenvalue weighted by Gasteiger charge is 2.49. The molecule has 0 fully saturated rings. The minimum atomic E-state index is -0.494. The van der Waals surface area contributed by atoms with Crippen molar-refractivity contribution in [3.05, 3.63) is 232 Å². The largest absolute Gasteiger partial charge is 0.309 e. The van der Waals surface area contributed by atoms with E-state index in [1.165, 1.54) is 113 Å². The summed E-state index contributed by atoms with van der Waals surface area (Å²) in [4.78, 5) is 2.58. The highest BCUT2D eigenvalue weighted by atomic mass is 15.1. The fourth-order valence-electron chi connectivity index (χ4n) is 10.3. The van der Waals surface area contributed by atoms with E-state index in [4.69, 9.17) is 0 Å². The van der Waals surface area contributed by atoms with Crippen LogP contribution in [-0.4, -0.2) is 0 Å². The first-order valence-corrected chi connectivity index (χ1v) is 22.1. The van der Waals surface area contributed by atoms with Gasteiger partial charge in [-0.2, -0.15) is 0 Å². The van der Waals surface area contributed by atoms with E-state index in [1.807, 2.05) is 0 Å². The molecule has 8 aromatic rings. The van der Waals surface area contributed by atoms with Gasteiger partial charge in [0.1, 0.15) is 0 Å². The number of aryl methyl sites for hydroxylation is 4. The zero-order valence-electron chi connectivity index (χ0n) is 35.2. The lowest BCUT2D eigenvalue weighted by Gasteiger charge is -2.38. The molecule has 0 bridgehead atoms. The Balaban J connectivity index is 1.26. The van der Waals surface area contributed by atoms with E-state index >= 15 is 0 Å². The van der Waals surface area contributed by atoms with E-state index in [-0.39, 0.29) is 0 Å². The molecule has 292 valence electrons. The van der Waals surface area contributed by atoms with Crippen LogP contribution in [-0.2, 0) is 31.1 Å². The van der Waals surface area contributed by atoms with Gasteiger partial charge in [-0.05, 0) is 140 Å². The van der Waals surface area contributed by atoms with Gasteiger partial charge in [-0.3, -0.25) is 0 Å². The summed E-state index contributed by atoms with van der Waals surface area (Å²) >= 11 is 0. The fourth-order valence-corrected chi connectivity index (χ4v) is 10.3. The third kappa shape index (κ3) is 5.74. The molecule has 0 aromatic heterocycles. The molecule has 0 N–H and O–H groups in total. The maximum atomic E-state index is 2.59. The SMILES string of the molecule is CC(C)c1ccc2c(c1)C(c1ccc3c(c1)CC3)(c1ccc3c(c1)CC3)c1cc(C(C)C)cc(N(c3ccc(-c4ccccc4)cc3)c3ccccc3-c3ccccc3)c1-2. The second-order valence-corrected chi connectivity index (χ2v) is 17.9. The van der Waals surface area contributed by atoms with Crippen LogP contribution >= 0.6 is 0 Å². The average Bonchev–Trinajstić information content (AvgIpc) is 3.56. The third-order valence-corrected chi connectivity index (χ3v) is 13.9. The first kappa shape index (κ1) is 36.6. The predicted molar refractivity (Wildman–Crippen MR) is 252 cm³/mol. The molecule has 3 aliphatic carbocycles. The lowest BCUT2D eigenvalue weighted by atomic mass is 9.65. The predicted octanol–water partition coefficient (Wildman–Crippen LogP) is 15.3. The van der Waals surface area contributed by atoms with Gasteiger partial charge < -0.3 is 4.90 Å². The van der Waals surface area contributed by atoms with Crippen molar-refractivity contribution in [2.75, 3.05) is 4.90 Å². The van der Waals surface area contributed by atoms with Crippen LogP contribution in [0.5, 0.6) is 0 Å². The number of benzene rings is 8. The van der Waals surface area contributed by atoms with E-state index < -0.39 is 5.41 Å². The van der Waals surface area contributed by atoms with E-state index in [0.29, 0.717) is 11.8 Å². The van der Waals surface area contributed by atoms with Crippen molar-refractivity contribution in [1.82, 2.24) is 0 Å². The maximum Gasteiger partial charge on any atom is 0.0714 e. The molecule has 3 aliphatic rings. The number of rotatable bonds is 9. The number of fused-ring (bicyclic) bond motifs is 5. The summed E-state index contributed by atoms with van der Waals surface area (Å²) < 4.78 is 0. The molecule has 0 radical (unpaired) electrons. The Hall–Kier alpha value is -6.44. The number of hydrogen-bond acceptors (Lipinski definition) is 1. The quantitative estimate of drug-likeness (QED) is 0.141. The third-order valence-electron chi connectivity index (χ3n) is 13.9. The standard InChI is InChI=1S/C59H51N/c1-38(2)45-27-32-53-54(35-45)59(49-28-23-42-19-21-46(42)33-49,50-29-24-43-20-22-47(43)34-50)55-36-48(39(3)4)37-57(58(53)55)60(51-30-25-41(26-31-51)40-13-7-5-8-14-40)56-18-12-11-17-52(56)44-15-9-6-10-16-44/h5-18,23-39H,19-22H2,1-4H3. The Morgan fingerprint density at radius 3 is 1.53 bits per heavy atom. The molecule has 11 rings (SSSR count). The number of para-hydroxylation sites is 1. The molecule has 0 saturated heterocycles. The summed E-state index contributed by atoms with van der Waals surface area (Å²) in [6.45, 7) is 9.40. The van der Waals surface area contributed by atoms with Crippen molar-refractivity contribution in [2.45, 2.75) is 70.6 Å². The molecular formula is C59H51N. The monoisotopic (exact) mass is 773 g/mol. The van der Waals surface area contributed by atoms with E-state index in [9.17, 15) is 0 Å². The van der Waals surface area contributed by atoms with Crippen LogP contribution in [0.3, 0.4) is 0 Å². The minimum Gasteiger partial charge on any atom is -0.309 e. The lowest BCUT2D eigenvalue weighted by molar-refractivity contribution is 0.733. The Morgan fingerprint density at radius 2 is 0.950 bits per heavy atom.